The van der Waals surface area contributed by atoms with Crippen LogP contribution in [0.1, 0.15) is 43.6 Å². The summed E-state index contributed by atoms with van der Waals surface area (Å²) in [7, 11) is 0. The molecule has 0 aliphatic carbocycles. The van der Waals surface area contributed by atoms with Gasteiger partial charge >= 0.3 is 5.97 Å². The normalized spacial score (nSPS) is 13.5. The average Bonchev–Trinajstić information content (AvgIpc) is 3.07. The number of imide groups is 1. The minimum absolute atomic E-state index is 0.247. The highest BCUT2D eigenvalue weighted by atomic mass is 32.1. The number of hydrogen-bond acceptors (Lipinski definition) is 5. The molecule has 0 fully saturated rings. The van der Waals surface area contributed by atoms with Crippen LogP contribution in [0.4, 0.5) is 0 Å². The Morgan fingerprint density at radius 3 is 2.33 bits per heavy atom. The SMILES string of the molecule is CCc1cscc1C(=O)ON1C(=O)c2ccccc2C1=O. The van der Waals surface area contributed by atoms with Gasteiger partial charge in [-0.05, 0) is 29.5 Å². The Balaban J connectivity index is 1.86. The molecule has 6 heteroatoms. The Hall–Kier alpha value is -2.47. The number of aryl methyl sites for hydroxylation is 1. The molecule has 0 N–H and O–H groups in total. The van der Waals surface area contributed by atoms with Gasteiger partial charge in [-0.3, -0.25) is 9.59 Å². The number of nitrogens with zero attached hydrogens (tertiary/aromatic N) is 1. The van der Waals surface area contributed by atoms with Crippen LogP contribution in [0.5, 0.6) is 0 Å². The zero-order valence-corrected chi connectivity index (χ0v) is 12.0. The second-order valence-electron chi connectivity index (χ2n) is 4.49. The lowest BCUT2D eigenvalue weighted by atomic mass is 10.1. The Morgan fingerprint density at radius 2 is 1.76 bits per heavy atom. The zero-order valence-electron chi connectivity index (χ0n) is 11.2. The highest BCUT2D eigenvalue weighted by molar-refractivity contribution is 7.08. The first-order valence-corrected chi connectivity index (χ1v) is 7.33. The van der Waals surface area contributed by atoms with E-state index in [1.807, 2.05) is 12.3 Å². The molecule has 0 bridgehead atoms. The summed E-state index contributed by atoms with van der Waals surface area (Å²) in [5.41, 5.74) is 1.72. The van der Waals surface area contributed by atoms with Gasteiger partial charge in [0.1, 0.15) is 0 Å². The lowest BCUT2D eigenvalue weighted by Gasteiger charge is -2.12. The molecule has 1 aromatic heterocycles. The molecule has 21 heavy (non-hydrogen) atoms. The molecule has 0 spiro atoms. The Kier molecular flexibility index (Phi) is 3.31. The third-order valence-corrected chi connectivity index (χ3v) is 4.07. The first-order valence-electron chi connectivity index (χ1n) is 6.38. The number of amides is 2. The summed E-state index contributed by atoms with van der Waals surface area (Å²) in [4.78, 5) is 41.3. The minimum atomic E-state index is -0.692. The van der Waals surface area contributed by atoms with E-state index in [0.717, 1.165) is 5.56 Å². The number of thiophene rings is 1. The summed E-state index contributed by atoms with van der Waals surface area (Å²) in [6.45, 7) is 1.92. The molecule has 1 aliphatic rings. The van der Waals surface area contributed by atoms with Crippen molar-refractivity contribution in [3.63, 3.8) is 0 Å². The van der Waals surface area contributed by atoms with Gasteiger partial charge in [0.25, 0.3) is 11.8 Å². The number of rotatable bonds is 3. The lowest BCUT2D eigenvalue weighted by Crippen LogP contribution is -2.32. The van der Waals surface area contributed by atoms with Gasteiger partial charge in [-0.25, -0.2) is 4.79 Å². The van der Waals surface area contributed by atoms with E-state index in [1.54, 1.807) is 17.5 Å². The third-order valence-electron chi connectivity index (χ3n) is 3.27. The second kappa shape index (κ2) is 5.14. The number of fused-ring (bicyclic) bond motifs is 1. The van der Waals surface area contributed by atoms with Crippen LogP contribution < -0.4 is 0 Å². The van der Waals surface area contributed by atoms with Crippen LogP contribution in [-0.2, 0) is 11.3 Å². The van der Waals surface area contributed by atoms with Crippen LogP contribution >= 0.6 is 11.3 Å². The maximum absolute atomic E-state index is 12.1. The van der Waals surface area contributed by atoms with Crippen molar-refractivity contribution < 1.29 is 19.2 Å². The van der Waals surface area contributed by atoms with Gasteiger partial charge in [0.2, 0.25) is 0 Å². The Bertz CT molecular complexity index is 715. The number of carbonyl (C=O) groups is 3. The lowest BCUT2D eigenvalue weighted by molar-refractivity contribution is -0.0584. The summed E-state index contributed by atoms with van der Waals surface area (Å²) >= 11 is 1.38. The van der Waals surface area contributed by atoms with Crippen LogP contribution in [-0.4, -0.2) is 22.8 Å². The van der Waals surface area contributed by atoms with Gasteiger partial charge in [0.05, 0.1) is 16.7 Å². The van der Waals surface area contributed by atoms with Gasteiger partial charge in [0.15, 0.2) is 0 Å². The monoisotopic (exact) mass is 301 g/mol. The molecule has 2 amide bonds. The van der Waals surface area contributed by atoms with Crippen molar-refractivity contribution in [2.24, 2.45) is 0 Å². The van der Waals surface area contributed by atoms with Gasteiger partial charge in [0, 0.05) is 5.38 Å². The summed E-state index contributed by atoms with van der Waals surface area (Å²) < 4.78 is 0. The van der Waals surface area contributed by atoms with Crippen molar-refractivity contribution in [3.05, 3.63) is 57.3 Å². The molecule has 2 aromatic rings. The van der Waals surface area contributed by atoms with E-state index < -0.39 is 17.8 Å². The van der Waals surface area contributed by atoms with E-state index in [1.165, 1.54) is 23.5 Å². The van der Waals surface area contributed by atoms with Crippen molar-refractivity contribution in [2.45, 2.75) is 13.3 Å². The molecule has 0 atom stereocenters. The van der Waals surface area contributed by atoms with Gasteiger partial charge < -0.3 is 4.84 Å². The van der Waals surface area contributed by atoms with Crippen LogP contribution in [0, 0.1) is 0 Å². The van der Waals surface area contributed by atoms with E-state index in [-0.39, 0.29) is 11.1 Å². The molecule has 106 valence electrons. The predicted molar refractivity (Wildman–Crippen MR) is 76.1 cm³/mol. The van der Waals surface area contributed by atoms with Crippen LogP contribution in [0.3, 0.4) is 0 Å². The second-order valence-corrected chi connectivity index (χ2v) is 5.24. The fraction of sp³-hybridized carbons (Fsp3) is 0.133. The largest absolute Gasteiger partial charge is 0.365 e. The molecule has 0 radical (unpaired) electrons. The van der Waals surface area contributed by atoms with Crippen LogP contribution in [0.2, 0.25) is 0 Å². The third kappa shape index (κ3) is 2.13. The summed E-state index contributed by atoms with van der Waals surface area (Å²) in [5, 5.41) is 4.03. The molecular formula is C15H11NO4S. The maximum Gasteiger partial charge on any atom is 0.365 e. The van der Waals surface area contributed by atoms with Crippen molar-refractivity contribution >= 4 is 29.1 Å². The molecule has 3 rings (SSSR count). The van der Waals surface area contributed by atoms with Gasteiger partial charge in [-0.15, -0.1) is 0 Å². The predicted octanol–water partition coefficient (Wildman–Crippen LogP) is 2.68. The molecule has 5 nitrogen and oxygen atoms in total. The van der Waals surface area contributed by atoms with Crippen LogP contribution in [0.25, 0.3) is 0 Å². The first-order chi connectivity index (χ1) is 10.1. The Labute approximate surface area is 124 Å². The number of benzene rings is 1. The molecule has 2 heterocycles. The topological polar surface area (TPSA) is 63.7 Å². The first kappa shape index (κ1) is 13.5. The van der Waals surface area contributed by atoms with Crippen molar-refractivity contribution in [1.82, 2.24) is 5.06 Å². The van der Waals surface area contributed by atoms with Gasteiger partial charge in [-0.1, -0.05) is 24.1 Å². The van der Waals surface area contributed by atoms with E-state index in [2.05, 4.69) is 0 Å². The fourth-order valence-corrected chi connectivity index (χ4v) is 3.07. The summed E-state index contributed by atoms with van der Waals surface area (Å²) in [5.74, 6) is -1.92. The average molecular weight is 301 g/mol. The maximum atomic E-state index is 12.1. The molecular weight excluding hydrogens is 290 g/mol. The summed E-state index contributed by atoms with van der Waals surface area (Å²) in [6, 6.07) is 6.38. The number of hydrogen-bond donors (Lipinski definition) is 0. The highest BCUT2D eigenvalue weighted by Gasteiger charge is 2.39. The molecule has 0 unspecified atom stereocenters. The number of hydroxylamine groups is 2. The van der Waals surface area contributed by atoms with E-state index >= 15 is 0 Å². The quantitative estimate of drug-likeness (QED) is 0.818. The highest BCUT2D eigenvalue weighted by Crippen LogP contribution is 2.24. The molecule has 0 saturated heterocycles. The van der Waals surface area contributed by atoms with E-state index in [0.29, 0.717) is 17.0 Å². The number of carbonyl (C=O) groups excluding carboxylic acids is 3. The summed E-state index contributed by atoms with van der Waals surface area (Å²) in [6.07, 6.45) is 0.677. The van der Waals surface area contributed by atoms with Crippen molar-refractivity contribution in [3.8, 4) is 0 Å². The zero-order chi connectivity index (χ0) is 15.0. The smallest absolute Gasteiger partial charge is 0.324 e. The Morgan fingerprint density at radius 1 is 1.14 bits per heavy atom. The fourth-order valence-electron chi connectivity index (χ4n) is 2.16. The molecule has 1 aliphatic heterocycles. The minimum Gasteiger partial charge on any atom is -0.324 e. The standard InChI is InChI=1S/C15H11NO4S/c1-2-9-7-21-8-12(9)15(19)20-16-13(17)10-5-3-4-6-11(10)14(16)18/h3-8H,2H2,1H3. The molecule has 0 saturated carbocycles. The molecule has 1 aromatic carbocycles. The van der Waals surface area contributed by atoms with Crippen molar-refractivity contribution in [2.75, 3.05) is 0 Å². The van der Waals surface area contributed by atoms with Crippen molar-refractivity contribution in [1.29, 1.82) is 0 Å². The van der Waals surface area contributed by atoms with Crippen LogP contribution in [0.15, 0.2) is 35.0 Å². The van der Waals surface area contributed by atoms with Gasteiger partial charge in [-0.2, -0.15) is 11.3 Å². The van der Waals surface area contributed by atoms with E-state index in [4.69, 9.17) is 4.84 Å². The van der Waals surface area contributed by atoms with E-state index in [9.17, 15) is 14.4 Å².